The van der Waals surface area contributed by atoms with Gasteiger partial charge in [-0.05, 0) is 36.8 Å². The molecule has 1 aliphatic rings. The van der Waals surface area contributed by atoms with E-state index >= 15 is 0 Å². The second kappa shape index (κ2) is 10.8. The maximum Gasteiger partial charge on any atom is 0.254 e. The maximum atomic E-state index is 12.8. The van der Waals surface area contributed by atoms with Gasteiger partial charge >= 0.3 is 0 Å². The zero-order valence-corrected chi connectivity index (χ0v) is 18.2. The van der Waals surface area contributed by atoms with Gasteiger partial charge in [-0.25, -0.2) is 0 Å². The van der Waals surface area contributed by atoms with E-state index in [1.54, 1.807) is 46.2 Å². The number of para-hydroxylation sites is 1. The molecule has 0 unspecified atom stereocenters. The number of ether oxygens (including phenoxy) is 1. The van der Waals surface area contributed by atoms with Crippen LogP contribution in [0.15, 0.2) is 48.5 Å². The Morgan fingerprint density at radius 3 is 2.42 bits per heavy atom. The molecular formula is C23H26ClN3O4. The number of anilines is 1. The summed E-state index contributed by atoms with van der Waals surface area (Å²) in [5.74, 6) is 0.385. The van der Waals surface area contributed by atoms with E-state index in [9.17, 15) is 14.4 Å². The van der Waals surface area contributed by atoms with Gasteiger partial charge in [0, 0.05) is 50.8 Å². The van der Waals surface area contributed by atoms with Crippen molar-refractivity contribution in [2.45, 2.75) is 19.8 Å². The number of carbonyl (C=O) groups is 3. The van der Waals surface area contributed by atoms with E-state index in [-0.39, 0.29) is 17.7 Å². The molecule has 3 rings (SSSR count). The fraction of sp³-hybridized carbons (Fsp3) is 0.348. The number of halogens is 1. The number of piperazine rings is 1. The molecule has 31 heavy (non-hydrogen) atoms. The molecule has 1 saturated heterocycles. The number of hydrogen-bond donors (Lipinski definition) is 1. The zero-order chi connectivity index (χ0) is 22.2. The minimum atomic E-state index is -0.186. The van der Waals surface area contributed by atoms with Crippen LogP contribution in [0.25, 0.3) is 0 Å². The second-order valence-corrected chi connectivity index (χ2v) is 7.72. The van der Waals surface area contributed by atoms with E-state index in [0.29, 0.717) is 67.7 Å². The first kappa shape index (κ1) is 22.6. The minimum Gasteiger partial charge on any atom is -0.492 e. The molecule has 0 bridgehead atoms. The summed E-state index contributed by atoms with van der Waals surface area (Å²) < 4.78 is 5.62. The normalized spacial score (nSPS) is 13.6. The molecule has 0 radical (unpaired) electrons. The molecule has 1 aliphatic heterocycles. The molecule has 0 spiro atoms. The lowest BCUT2D eigenvalue weighted by Gasteiger charge is -2.35. The Bertz CT molecular complexity index is 942. The predicted octanol–water partition coefficient (Wildman–Crippen LogP) is 3.44. The van der Waals surface area contributed by atoms with E-state index in [1.807, 2.05) is 12.1 Å². The van der Waals surface area contributed by atoms with Gasteiger partial charge in [-0.2, -0.15) is 0 Å². The summed E-state index contributed by atoms with van der Waals surface area (Å²) in [6, 6.07) is 14.1. The minimum absolute atomic E-state index is 0.0579. The standard InChI is InChI=1S/C23H26ClN3O4/c1-17(28)25-19-7-4-6-18(16-19)23(30)27-13-11-26(12-14-27)22(29)10-5-15-31-21-9-3-2-8-20(21)24/h2-4,6-9,16H,5,10-15H2,1H3,(H,25,28). The Balaban J connectivity index is 1.42. The first-order valence-electron chi connectivity index (χ1n) is 10.3. The van der Waals surface area contributed by atoms with E-state index in [0.717, 1.165) is 0 Å². The predicted molar refractivity (Wildman–Crippen MR) is 119 cm³/mol. The fourth-order valence-corrected chi connectivity index (χ4v) is 3.59. The fourth-order valence-electron chi connectivity index (χ4n) is 3.40. The number of nitrogens with one attached hydrogen (secondary N) is 1. The van der Waals surface area contributed by atoms with Crippen molar-refractivity contribution in [1.29, 1.82) is 0 Å². The highest BCUT2D eigenvalue weighted by Gasteiger charge is 2.24. The van der Waals surface area contributed by atoms with Gasteiger partial charge in [-0.3, -0.25) is 14.4 Å². The van der Waals surface area contributed by atoms with Crippen molar-refractivity contribution in [3.05, 3.63) is 59.1 Å². The smallest absolute Gasteiger partial charge is 0.254 e. The molecular weight excluding hydrogens is 418 g/mol. The molecule has 2 aromatic carbocycles. The van der Waals surface area contributed by atoms with Crippen molar-refractivity contribution in [2.24, 2.45) is 0 Å². The van der Waals surface area contributed by atoms with Crippen molar-refractivity contribution in [1.82, 2.24) is 9.80 Å². The molecule has 8 heteroatoms. The molecule has 164 valence electrons. The lowest BCUT2D eigenvalue weighted by Crippen LogP contribution is -2.50. The average molecular weight is 444 g/mol. The Morgan fingerprint density at radius 1 is 1.00 bits per heavy atom. The lowest BCUT2D eigenvalue weighted by molar-refractivity contribution is -0.132. The summed E-state index contributed by atoms with van der Waals surface area (Å²) in [5.41, 5.74) is 1.11. The van der Waals surface area contributed by atoms with Crippen molar-refractivity contribution < 1.29 is 19.1 Å². The summed E-state index contributed by atoms with van der Waals surface area (Å²) in [7, 11) is 0. The van der Waals surface area contributed by atoms with Crippen LogP contribution in [0.5, 0.6) is 5.75 Å². The third-order valence-electron chi connectivity index (χ3n) is 4.98. The van der Waals surface area contributed by atoms with Crippen LogP contribution >= 0.6 is 11.6 Å². The first-order chi connectivity index (χ1) is 14.9. The third kappa shape index (κ3) is 6.46. The van der Waals surface area contributed by atoms with Crippen LogP contribution in [-0.2, 0) is 9.59 Å². The van der Waals surface area contributed by atoms with Gasteiger partial charge in [0.15, 0.2) is 0 Å². The Labute approximate surface area is 186 Å². The molecule has 0 saturated carbocycles. The number of hydrogen-bond acceptors (Lipinski definition) is 4. The van der Waals surface area contributed by atoms with Crippen LogP contribution in [-0.4, -0.2) is 60.3 Å². The zero-order valence-electron chi connectivity index (χ0n) is 17.5. The quantitative estimate of drug-likeness (QED) is 0.665. The van der Waals surface area contributed by atoms with Crippen LogP contribution in [0.3, 0.4) is 0 Å². The van der Waals surface area contributed by atoms with Crippen molar-refractivity contribution in [2.75, 3.05) is 38.1 Å². The molecule has 2 aromatic rings. The summed E-state index contributed by atoms with van der Waals surface area (Å²) >= 11 is 6.05. The van der Waals surface area contributed by atoms with E-state index in [1.165, 1.54) is 6.92 Å². The molecule has 3 amide bonds. The van der Waals surface area contributed by atoms with E-state index in [4.69, 9.17) is 16.3 Å². The van der Waals surface area contributed by atoms with Crippen LogP contribution in [0.4, 0.5) is 5.69 Å². The van der Waals surface area contributed by atoms with Crippen molar-refractivity contribution in [3.63, 3.8) is 0 Å². The summed E-state index contributed by atoms with van der Waals surface area (Å²) in [4.78, 5) is 40.0. The number of amides is 3. The van der Waals surface area contributed by atoms with Gasteiger partial charge in [0.1, 0.15) is 5.75 Å². The Hall–Kier alpha value is -3.06. The Morgan fingerprint density at radius 2 is 1.71 bits per heavy atom. The molecule has 1 N–H and O–H groups in total. The summed E-state index contributed by atoms with van der Waals surface area (Å²) in [6.07, 6.45) is 0.982. The molecule has 0 aromatic heterocycles. The number of carbonyl (C=O) groups excluding carboxylic acids is 3. The summed E-state index contributed by atoms with van der Waals surface area (Å²) in [5, 5.41) is 3.24. The molecule has 7 nitrogen and oxygen atoms in total. The van der Waals surface area contributed by atoms with Crippen LogP contribution in [0.1, 0.15) is 30.1 Å². The maximum absolute atomic E-state index is 12.8. The summed E-state index contributed by atoms with van der Waals surface area (Å²) in [6.45, 7) is 3.80. The number of nitrogens with zero attached hydrogens (tertiary/aromatic N) is 2. The largest absolute Gasteiger partial charge is 0.492 e. The molecule has 1 fully saturated rings. The highest BCUT2D eigenvalue weighted by Crippen LogP contribution is 2.23. The van der Waals surface area contributed by atoms with Crippen molar-refractivity contribution in [3.8, 4) is 5.75 Å². The van der Waals surface area contributed by atoms with E-state index < -0.39 is 0 Å². The van der Waals surface area contributed by atoms with Gasteiger partial charge in [0.05, 0.1) is 11.6 Å². The molecule has 0 aliphatic carbocycles. The highest BCUT2D eigenvalue weighted by atomic mass is 35.5. The molecule has 0 atom stereocenters. The SMILES string of the molecule is CC(=O)Nc1cccc(C(=O)N2CCN(C(=O)CCCOc3ccccc3Cl)CC2)c1. The highest BCUT2D eigenvalue weighted by molar-refractivity contribution is 6.32. The number of rotatable bonds is 7. The molecule has 1 heterocycles. The van der Waals surface area contributed by atoms with Gasteiger partial charge in [0.2, 0.25) is 11.8 Å². The first-order valence-corrected chi connectivity index (χ1v) is 10.6. The monoisotopic (exact) mass is 443 g/mol. The van der Waals surface area contributed by atoms with Crippen molar-refractivity contribution >= 4 is 35.0 Å². The second-order valence-electron chi connectivity index (χ2n) is 7.32. The third-order valence-corrected chi connectivity index (χ3v) is 5.29. The lowest BCUT2D eigenvalue weighted by atomic mass is 10.1. The van der Waals surface area contributed by atoms with Gasteiger partial charge in [0.25, 0.3) is 5.91 Å². The van der Waals surface area contributed by atoms with E-state index in [2.05, 4.69) is 5.32 Å². The average Bonchev–Trinajstić information content (AvgIpc) is 2.77. The van der Waals surface area contributed by atoms with Crippen LogP contribution < -0.4 is 10.1 Å². The number of benzene rings is 2. The topological polar surface area (TPSA) is 79.0 Å². The van der Waals surface area contributed by atoms with Gasteiger partial charge in [-0.15, -0.1) is 0 Å². The van der Waals surface area contributed by atoms with Gasteiger partial charge < -0.3 is 19.9 Å². The Kier molecular flexibility index (Phi) is 7.89. The van der Waals surface area contributed by atoms with Gasteiger partial charge in [-0.1, -0.05) is 29.8 Å². The van der Waals surface area contributed by atoms with Crippen LogP contribution in [0, 0.1) is 0 Å². The van der Waals surface area contributed by atoms with Crippen LogP contribution in [0.2, 0.25) is 5.02 Å².